The maximum atomic E-state index is 11.1. The molecule has 1 heterocycles. The van der Waals surface area contributed by atoms with Gasteiger partial charge in [-0.05, 0) is 51.3 Å². The van der Waals surface area contributed by atoms with E-state index in [1.807, 2.05) is 18.2 Å². The van der Waals surface area contributed by atoms with Gasteiger partial charge in [0.1, 0.15) is 0 Å². The van der Waals surface area contributed by atoms with E-state index in [0.29, 0.717) is 16.1 Å². The average Bonchev–Trinajstić information content (AvgIpc) is 2.80. The first-order valence-electron chi connectivity index (χ1n) is 5.76. The lowest BCUT2D eigenvalue weighted by atomic mass is 10.0. The standard InChI is InChI=1S/C14H8BrCl2NO2/c15-9-3-1-7(5-10(9)16)13(17)8-2-4-11-12(6-8)20-14(19)18-11/h1-6,13H,(H,18,19). The van der Waals surface area contributed by atoms with E-state index in [2.05, 4.69) is 20.9 Å². The van der Waals surface area contributed by atoms with E-state index in [0.717, 1.165) is 15.6 Å². The lowest BCUT2D eigenvalue weighted by Crippen LogP contribution is -1.93. The van der Waals surface area contributed by atoms with Gasteiger partial charge in [-0.1, -0.05) is 23.7 Å². The minimum atomic E-state index is -0.477. The second-order valence-corrected chi connectivity index (χ2v) is 6.00. The van der Waals surface area contributed by atoms with Crippen LogP contribution in [0.5, 0.6) is 0 Å². The second kappa shape index (κ2) is 5.28. The Bertz CT molecular complexity index is 841. The molecule has 2 aromatic carbocycles. The summed E-state index contributed by atoms with van der Waals surface area (Å²) in [5.74, 6) is -0.477. The van der Waals surface area contributed by atoms with Crippen LogP contribution in [0.4, 0.5) is 0 Å². The van der Waals surface area contributed by atoms with Crippen LogP contribution in [0.1, 0.15) is 16.5 Å². The molecule has 3 nitrogen and oxygen atoms in total. The van der Waals surface area contributed by atoms with Gasteiger partial charge in [0.05, 0.1) is 15.9 Å². The second-order valence-electron chi connectivity index (χ2n) is 4.31. The fourth-order valence-corrected chi connectivity index (χ4v) is 2.69. The number of aromatic nitrogens is 1. The van der Waals surface area contributed by atoms with Crippen molar-refractivity contribution in [2.24, 2.45) is 0 Å². The summed E-state index contributed by atoms with van der Waals surface area (Å²) in [6.45, 7) is 0. The van der Waals surface area contributed by atoms with Crippen LogP contribution in [-0.4, -0.2) is 4.98 Å². The summed E-state index contributed by atoms with van der Waals surface area (Å²) in [6.07, 6.45) is 0. The van der Waals surface area contributed by atoms with Crippen molar-refractivity contribution in [3.05, 3.63) is 67.6 Å². The van der Waals surface area contributed by atoms with Gasteiger partial charge >= 0.3 is 5.76 Å². The third-order valence-corrected chi connectivity index (χ3v) is 4.71. The molecule has 0 radical (unpaired) electrons. The molecule has 0 amide bonds. The Morgan fingerprint density at radius 1 is 1.15 bits per heavy atom. The fourth-order valence-electron chi connectivity index (χ4n) is 1.98. The first-order chi connectivity index (χ1) is 9.54. The van der Waals surface area contributed by atoms with E-state index in [1.54, 1.807) is 18.2 Å². The molecular weight excluding hydrogens is 365 g/mol. The number of alkyl halides is 1. The number of hydrogen-bond acceptors (Lipinski definition) is 2. The minimum Gasteiger partial charge on any atom is -0.408 e. The highest BCUT2D eigenvalue weighted by Crippen LogP contribution is 2.33. The molecule has 20 heavy (non-hydrogen) atoms. The summed E-state index contributed by atoms with van der Waals surface area (Å²) in [6, 6.07) is 10.9. The molecule has 6 heteroatoms. The van der Waals surface area contributed by atoms with Crippen molar-refractivity contribution in [1.29, 1.82) is 0 Å². The van der Waals surface area contributed by atoms with Crippen LogP contribution >= 0.6 is 39.1 Å². The summed E-state index contributed by atoms with van der Waals surface area (Å²) < 4.78 is 5.85. The molecule has 0 spiro atoms. The number of nitrogens with one attached hydrogen (secondary N) is 1. The van der Waals surface area contributed by atoms with E-state index < -0.39 is 5.76 Å². The molecule has 0 aliphatic carbocycles. The highest BCUT2D eigenvalue weighted by Gasteiger charge is 2.14. The Morgan fingerprint density at radius 2 is 1.85 bits per heavy atom. The summed E-state index contributed by atoms with van der Waals surface area (Å²) in [4.78, 5) is 13.7. The van der Waals surface area contributed by atoms with Crippen molar-refractivity contribution in [2.45, 2.75) is 5.38 Å². The van der Waals surface area contributed by atoms with Gasteiger partial charge in [-0.3, -0.25) is 4.98 Å². The van der Waals surface area contributed by atoms with E-state index in [1.165, 1.54) is 0 Å². The van der Waals surface area contributed by atoms with Crippen molar-refractivity contribution < 1.29 is 4.42 Å². The molecule has 1 aromatic heterocycles. The van der Waals surface area contributed by atoms with E-state index in [-0.39, 0.29) is 5.38 Å². The summed E-state index contributed by atoms with van der Waals surface area (Å²) >= 11 is 15.9. The molecule has 3 aromatic rings. The quantitative estimate of drug-likeness (QED) is 0.652. The Balaban J connectivity index is 2.04. The highest BCUT2D eigenvalue weighted by atomic mass is 79.9. The molecule has 0 saturated carbocycles. The molecule has 1 unspecified atom stereocenters. The van der Waals surface area contributed by atoms with Gasteiger partial charge in [0.15, 0.2) is 5.58 Å². The molecule has 3 rings (SSSR count). The van der Waals surface area contributed by atoms with Gasteiger partial charge in [0.25, 0.3) is 0 Å². The van der Waals surface area contributed by atoms with Gasteiger partial charge < -0.3 is 4.42 Å². The Morgan fingerprint density at radius 3 is 2.60 bits per heavy atom. The van der Waals surface area contributed by atoms with Crippen LogP contribution in [0.3, 0.4) is 0 Å². The van der Waals surface area contributed by atoms with E-state index in [9.17, 15) is 4.79 Å². The minimum absolute atomic E-state index is 0.370. The monoisotopic (exact) mass is 371 g/mol. The van der Waals surface area contributed by atoms with Gasteiger partial charge in [0.2, 0.25) is 0 Å². The number of aromatic amines is 1. The van der Waals surface area contributed by atoms with Crippen molar-refractivity contribution in [3.63, 3.8) is 0 Å². The lowest BCUT2D eigenvalue weighted by molar-refractivity contribution is 0.555. The van der Waals surface area contributed by atoms with Crippen LogP contribution in [0.2, 0.25) is 5.02 Å². The van der Waals surface area contributed by atoms with Crippen molar-refractivity contribution in [3.8, 4) is 0 Å². The third kappa shape index (κ3) is 2.51. The maximum absolute atomic E-state index is 11.1. The highest BCUT2D eigenvalue weighted by molar-refractivity contribution is 9.10. The topological polar surface area (TPSA) is 46.0 Å². The van der Waals surface area contributed by atoms with E-state index in [4.69, 9.17) is 27.6 Å². The number of oxazole rings is 1. The van der Waals surface area contributed by atoms with Gasteiger partial charge in [-0.2, -0.15) is 0 Å². The number of H-pyrrole nitrogens is 1. The number of benzene rings is 2. The number of halogens is 3. The average molecular weight is 373 g/mol. The molecule has 102 valence electrons. The molecule has 1 N–H and O–H groups in total. The van der Waals surface area contributed by atoms with Crippen LogP contribution in [0, 0.1) is 0 Å². The van der Waals surface area contributed by atoms with Crippen LogP contribution < -0.4 is 5.76 Å². The smallest absolute Gasteiger partial charge is 0.408 e. The maximum Gasteiger partial charge on any atom is 0.417 e. The molecule has 0 aliphatic rings. The summed E-state index contributed by atoms with van der Waals surface area (Å²) in [5, 5.41) is 0.229. The first kappa shape index (κ1) is 13.7. The zero-order valence-corrected chi connectivity index (χ0v) is 13.1. The first-order valence-corrected chi connectivity index (χ1v) is 7.37. The summed E-state index contributed by atoms with van der Waals surface area (Å²) in [7, 11) is 0. The number of hydrogen-bond donors (Lipinski definition) is 1. The number of rotatable bonds is 2. The summed E-state index contributed by atoms with van der Waals surface area (Å²) in [5.41, 5.74) is 2.84. The van der Waals surface area contributed by atoms with Gasteiger partial charge in [0, 0.05) is 4.47 Å². The van der Waals surface area contributed by atoms with Crippen molar-refractivity contribution in [1.82, 2.24) is 4.98 Å². The molecule has 0 bridgehead atoms. The Kier molecular flexibility index (Phi) is 3.63. The molecule has 0 fully saturated rings. The zero-order valence-electron chi connectivity index (χ0n) is 9.99. The third-order valence-electron chi connectivity index (χ3n) is 2.97. The SMILES string of the molecule is O=c1[nH]c2ccc(C(Cl)c3ccc(Br)c(Cl)c3)cc2o1. The van der Waals surface area contributed by atoms with E-state index >= 15 is 0 Å². The van der Waals surface area contributed by atoms with Gasteiger partial charge in [-0.25, -0.2) is 4.79 Å². The van der Waals surface area contributed by atoms with Crippen molar-refractivity contribution in [2.75, 3.05) is 0 Å². The molecule has 0 aliphatic heterocycles. The van der Waals surface area contributed by atoms with Crippen molar-refractivity contribution >= 4 is 50.2 Å². The predicted molar refractivity (Wildman–Crippen MR) is 83.7 cm³/mol. The normalized spacial score (nSPS) is 12.8. The predicted octanol–water partition coefficient (Wildman–Crippen LogP) is 4.87. The van der Waals surface area contributed by atoms with Gasteiger partial charge in [-0.15, -0.1) is 11.6 Å². The van der Waals surface area contributed by atoms with Crippen LogP contribution in [-0.2, 0) is 0 Å². The molecule has 0 saturated heterocycles. The number of fused-ring (bicyclic) bond motifs is 1. The lowest BCUT2D eigenvalue weighted by Gasteiger charge is -2.11. The Hall–Kier alpha value is -1.23. The Labute approximate surface area is 132 Å². The fraction of sp³-hybridized carbons (Fsp3) is 0.0714. The molecule has 1 atom stereocenters. The van der Waals surface area contributed by atoms with Crippen LogP contribution in [0.15, 0.2) is 50.1 Å². The van der Waals surface area contributed by atoms with Crippen LogP contribution in [0.25, 0.3) is 11.1 Å². The molecular formula is C14H8BrCl2NO2. The zero-order chi connectivity index (χ0) is 14.3. The largest absolute Gasteiger partial charge is 0.417 e.